The molecule has 0 amide bonds. The average molecular weight is 206 g/mol. The first-order valence-corrected chi connectivity index (χ1v) is 5.12. The van der Waals surface area contributed by atoms with Crippen molar-refractivity contribution in [3.05, 3.63) is 34.4 Å². The maximum atomic E-state index is 10.6. The maximum Gasteiger partial charge on any atom is 0.271 e. The topological polar surface area (TPSA) is 46.4 Å². The molecule has 0 radical (unpaired) electrons. The molecule has 2 rings (SSSR count). The molecule has 0 heterocycles. The van der Waals surface area contributed by atoms with E-state index in [-0.39, 0.29) is 10.6 Å². The molecule has 1 fully saturated rings. The second kappa shape index (κ2) is 3.88. The van der Waals surface area contributed by atoms with Crippen LogP contribution in [0, 0.1) is 16.0 Å². The molecule has 1 aromatic rings. The van der Waals surface area contributed by atoms with E-state index in [9.17, 15) is 10.1 Å². The molecule has 4 heteroatoms. The largest absolute Gasteiger partial charge is 0.374 e. The Morgan fingerprint density at radius 1 is 1.53 bits per heavy atom. The molecule has 80 valence electrons. The molecule has 0 atom stereocenters. The van der Waals surface area contributed by atoms with Gasteiger partial charge >= 0.3 is 0 Å². The van der Waals surface area contributed by atoms with Gasteiger partial charge in [0.2, 0.25) is 0 Å². The zero-order chi connectivity index (χ0) is 10.8. The summed E-state index contributed by atoms with van der Waals surface area (Å²) in [6.45, 7) is 1.00. The zero-order valence-electron chi connectivity index (χ0n) is 8.72. The number of nitro benzene ring substituents is 1. The molecule has 1 aliphatic carbocycles. The van der Waals surface area contributed by atoms with Gasteiger partial charge in [-0.2, -0.15) is 0 Å². The van der Waals surface area contributed by atoms with Crippen LogP contribution in [0.25, 0.3) is 0 Å². The van der Waals surface area contributed by atoms with Gasteiger partial charge < -0.3 is 4.90 Å². The summed E-state index contributed by atoms with van der Waals surface area (Å²) in [7, 11) is 1.98. The van der Waals surface area contributed by atoms with Gasteiger partial charge in [0, 0.05) is 31.4 Å². The lowest BCUT2D eigenvalue weighted by Gasteiger charge is -2.18. The Morgan fingerprint density at radius 3 is 2.87 bits per heavy atom. The van der Waals surface area contributed by atoms with Gasteiger partial charge in [-0.25, -0.2) is 0 Å². The first-order chi connectivity index (χ1) is 7.16. The van der Waals surface area contributed by atoms with Crippen LogP contribution in [0.15, 0.2) is 24.3 Å². The number of nitrogens with zero attached hydrogens (tertiary/aromatic N) is 2. The van der Waals surface area contributed by atoms with Crippen molar-refractivity contribution in [3.8, 4) is 0 Å². The third-order valence-corrected chi connectivity index (χ3v) is 2.71. The second-order valence-electron chi connectivity index (χ2n) is 4.10. The van der Waals surface area contributed by atoms with E-state index in [1.54, 1.807) is 12.1 Å². The molecule has 0 bridgehead atoms. The second-order valence-corrected chi connectivity index (χ2v) is 4.10. The number of benzene rings is 1. The van der Waals surface area contributed by atoms with Crippen LogP contribution in [0.2, 0.25) is 0 Å². The number of non-ortho nitro benzene ring substituents is 1. The van der Waals surface area contributed by atoms with Crippen LogP contribution in [-0.2, 0) is 0 Å². The van der Waals surface area contributed by atoms with E-state index in [1.807, 2.05) is 13.1 Å². The Kier molecular flexibility index (Phi) is 2.58. The smallest absolute Gasteiger partial charge is 0.271 e. The van der Waals surface area contributed by atoms with E-state index in [4.69, 9.17) is 0 Å². The van der Waals surface area contributed by atoms with Crippen molar-refractivity contribution in [2.75, 3.05) is 18.5 Å². The predicted molar refractivity (Wildman–Crippen MR) is 59.1 cm³/mol. The van der Waals surface area contributed by atoms with Crippen molar-refractivity contribution in [3.63, 3.8) is 0 Å². The molecule has 0 N–H and O–H groups in total. The van der Waals surface area contributed by atoms with E-state index in [1.165, 1.54) is 18.9 Å². The normalized spacial score (nSPS) is 15.0. The number of hydrogen-bond donors (Lipinski definition) is 0. The quantitative estimate of drug-likeness (QED) is 0.561. The van der Waals surface area contributed by atoms with Crippen molar-refractivity contribution < 1.29 is 4.92 Å². The Balaban J connectivity index is 2.11. The summed E-state index contributed by atoms with van der Waals surface area (Å²) in [5.74, 6) is 0.786. The number of hydrogen-bond acceptors (Lipinski definition) is 3. The molecule has 0 aliphatic heterocycles. The molecule has 1 aromatic carbocycles. The third-order valence-electron chi connectivity index (χ3n) is 2.71. The number of rotatable bonds is 4. The highest BCUT2D eigenvalue weighted by Gasteiger charge is 2.23. The first kappa shape index (κ1) is 9.96. The molecular formula is C11H14N2O2. The fourth-order valence-corrected chi connectivity index (χ4v) is 1.64. The van der Waals surface area contributed by atoms with Crippen LogP contribution in [0.3, 0.4) is 0 Å². The van der Waals surface area contributed by atoms with Crippen molar-refractivity contribution in [1.29, 1.82) is 0 Å². The van der Waals surface area contributed by atoms with Gasteiger partial charge in [-0.15, -0.1) is 0 Å². The summed E-state index contributed by atoms with van der Waals surface area (Å²) >= 11 is 0. The van der Waals surface area contributed by atoms with Crippen molar-refractivity contribution >= 4 is 11.4 Å². The standard InChI is InChI=1S/C11H14N2O2/c1-12(8-9-5-6-9)10-3-2-4-11(7-10)13(14)15/h2-4,7,9H,5-6,8H2,1H3. The molecule has 0 unspecified atom stereocenters. The lowest BCUT2D eigenvalue weighted by molar-refractivity contribution is -0.384. The minimum atomic E-state index is -0.353. The first-order valence-electron chi connectivity index (χ1n) is 5.12. The monoisotopic (exact) mass is 206 g/mol. The van der Waals surface area contributed by atoms with Gasteiger partial charge in [-0.05, 0) is 24.8 Å². The van der Waals surface area contributed by atoms with E-state index < -0.39 is 0 Å². The fourth-order valence-electron chi connectivity index (χ4n) is 1.64. The lowest BCUT2D eigenvalue weighted by atomic mass is 10.2. The number of nitro groups is 1. The Hall–Kier alpha value is -1.58. The maximum absolute atomic E-state index is 10.6. The summed E-state index contributed by atoms with van der Waals surface area (Å²) in [4.78, 5) is 12.3. The van der Waals surface area contributed by atoms with Crippen LogP contribution in [0.1, 0.15) is 12.8 Å². The van der Waals surface area contributed by atoms with E-state index in [0.717, 1.165) is 18.2 Å². The van der Waals surface area contributed by atoms with Gasteiger partial charge in [0.25, 0.3) is 5.69 Å². The van der Waals surface area contributed by atoms with Crippen LogP contribution >= 0.6 is 0 Å². The SMILES string of the molecule is CN(CC1CC1)c1cccc([N+](=O)[O-])c1. The highest BCUT2D eigenvalue weighted by Crippen LogP contribution is 2.31. The van der Waals surface area contributed by atoms with Gasteiger partial charge in [0.15, 0.2) is 0 Å². The Morgan fingerprint density at radius 2 is 2.27 bits per heavy atom. The van der Waals surface area contributed by atoms with Gasteiger partial charge in [-0.1, -0.05) is 6.07 Å². The van der Waals surface area contributed by atoms with E-state index in [2.05, 4.69) is 4.90 Å². The Labute approximate surface area is 88.7 Å². The highest BCUT2D eigenvalue weighted by molar-refractivity contribution is 5.52. The van der Waals surface area contributed by atoms with Crippen LogP contribution < -0.4 is 4.90 Å². The van der Waals surface area contributed by atoms with Crippen LogP contribution in [0.5, 0.6) is 0 Å². The molecule has 4 nitrogen and oxygen atoms in total. The third kappa shape index (κ3) is 2.46. The molecule has 0 spiro atoms. The average Bonchev–Trinajstić information content (AvgIpc) is 3.02. The summed E-state index contributed by atoms with van der Waals surface area (Å²) in [5.41, 5.74) is 1.09. The van der Waals surface area contributed by atoms with E-state index >= 15 is 0 Å². The highest BCUT2D eigenvalue weighted by atomic mass is 16.6. The van der Waals surface area contributed by atoms with Gasteiger partial charge in [-0.3, -0.25) is 10.1 Å². The van der Waals surface area contributed by atoms with Crippen molar-refractivity contribution in [1.82, 2.24) is 0 Å². The van der Waals surface area contributed by atoms with Crippen molar-refractivity contribution in [2.45, 2.75) is 12.8 Å². The summed E-state index contributed by atoms with van der Waals surface area (Å²) in [6.07, 6.45) is 2.58. The minimum absolute atomic E-state index is 0.162. The van der Waals surface area contributed by atoms with Crippen LogP contribution in [-0.4, -0.2) is 18.5 Å². The summed E-state index contributed by atoms with van der Waals surface area (Å²) in [5, 5.41) is 10.6. The molecular weight excluding hydrogens is 192 g/mol. The fraction of sp³-hybridized carbons (Fsp3) is 0.455. The predicted octanol–water partition coefficient (Wildman–Crippen LogP) is 2.44. The number of anilines is 1. The van der Waals surface area contributed by atoms with Gasteiger partial charge in [0.1, 0.15) is 0 Å². The minimum Gasteiger partial charge on any atom is -0.374 e. The summed E-state index contributed by atoms with van der Waals surface area (Å²) < 4.78 is 0. The molecule has 1 aliphatic rings. The summed E-state index contributed by atoms with van der Waals surface area (Å²) in [6, 6.07) is 6.79. The van der Waals surface area contributed by atoms with E-state index in [0.29, 0.717) is 0 Å². The molecule has 15 heavy (non-hydrogen) atoms. The Bertz CT molecular complexity index is 375. The van der Waals surface area contributed by atoms with Crippen LogP contribution in [0.4, 0.5) is 11.4 Å². The molecule has 1 saturated carbocycles. The molecule has 0 saturated heterocycles. The molecule has 0 aromatic heterocycles. The van der Waals surface area contributed by atoms with Gasteiger partial charge in [0.05, 0.1) is 4.92 Å². The van der Waals surface area contributed by atoms with Crippen molar-refractivity contribution in [2.24, 2.45) is 5.92 Å². The lowest BCUT2D eigenvalue weighted by Crippen LogP contribution is -2.19. The zero-order valence-corrected chi connectivity index (χ0v) is 8.72.